The van der Waals surface area contributed by atoms with Crippen LogP contribution in [-0.4, -0.2) is 23.6 Å². The first-order valence-corrected chi connectivity index (χ1v) is 9.99. The summed E-state index contributed by atoms with van der Waals surface area (Å²) in [4.78, 5) is 15.2. The van der Waals surface area contributed by atoms with Crippen LogP contribution in [0.25, 0.3) is 10.9 Å². The van der Waals surface area contributed by atoms with Gasteiger partial charge in [-0.3, -0.25) is 4.79 Å². The zero-order valence-electron chi connectivity index (χ0n) is 15.1. The molecule has 1 N–H and O–H groups in total. The number of hydrogen-bond donors (Lipinski definition) is 1. The Balaban J connectivity index is 1.47. The van der Waals surface area contributed by atoms with Gasteiger partial charge in [0.05, 0.1) is 10.5 Å². The van der Waals surface area contributed by atoms with Crippen LogP contribution in [0.15, 0.2) is 48.7 Å². The molecule has 1 atom stereocenters. The van der Waals surface area contributed by atoms with E-state index in [1.165, 1.54) is 11.1 Å². The molecule has 2 aromatic carbocycles. The van der Waals surface area contributed by atoms with Gasteiger partial charge in [-0.15, -0.1) is 0 Å². The summed E-state index contributed by atoms with van der Waals surface area (Å²) in [6.45, 7) is 2.71. The van der Waals surface area contributed by atoms with Crippen molar-refractivity contribution in [3.05, 3.63) is 64.8 Å². The van der Waals surface area contributed by atoms with Crippen molar-refractivity contribution in [1.29, 1.82) is 0 Å². The molecule has 0 unspecified atom stereocenters. The molecule has 5 heteroatoms. The van der Waals surface area contributed by atoms with Gasteiger partial charge in [0, 0.05) is 30.4 Å². The molecule has 0 spiro atoms. The summed E-state index contributed by atoms with van der Waals surface area (Å²) in [5.74, 6) is 0.152. The van der Waals surface area contributed by atoms with Gasteiger partial charge in [0.1, 0.15) is 6.04 Å². The number of amides is 1. The first-order valence-electron chi connectivity index (χ1n) is 9.61. The molecule has 3 aromatic rings. The first-order chi connectivity index (χ1) is 13.2. The second kappa shape index (κ2) is 6.70. The van der Waals surface area contributed by atoms with Crippen molar-refractivity contribution < 1.29 is 4.79 Å². The normalized spacial score (nSPS) is 20.1. The van der Waals surface area contributed by atoms with Gasteiger partial charge in [0.2, 0.25) is 5.91 Å². The topological polar surface area (TPSA) is 37.3 Å². The Kier molecular flexibility index (Phi) is 4.18. The molecule has 2 aliphatic rings. The first kappa shape index (κ1) is 16.8. The van der Waals surface area contributed by atoms with Gasteiger partial charge in [0.15, 0.2) is 0 Å². The molecular formula is C22H22ClN3O. The van der Waals surface area contributed by atoms with Crippen LogP contribution in [0.1, 0.15) is 30.0 Å². The van der Waals surface area contributed by atoms with E-state index in [1.54, 1.807) is 0 Å². The maximum atomic E-state index is 13.2. The summed E-state index contributed by atoms with van der Waals surface area (Å²) in [5.41, 5.74) is 4.76. The largest absolute Gasteiger partial charge is 0.333 e. The van der Waals surface area contributed by atoms with Crippen LogP contribution >= 0.6 is 11.6 Å². The second-order valence-electron chi connectivity index (χ2n) is 7.43. The van der Waals surface area contributed by atoms with E-state index in [4.69, 9.17) is 11.6 Å². The number of anilines is 1. The highest BCUT2D eigenvalue weighted by molar-refractivity contribution is 6.35. The molecular weight excluding hydrogens is 358 g/mol. The van der Waals surface area contributed by atoms with Gasteiger partial charge in [-0.1, -0.05) is 35.9 Å². The second-order valence-corrected chi connectivity index (χ2v) is 7.84. The fraction of sp³-hybridized carbons (Fsp3) is 0.318. The molecule has 0 bridgehead atoms. The quantitative estimate of drug-likeness (QED) is 0.720. The Bertz CT molecular complexity index is 1030. The third-order valence-corrected chi connectivity index (χ3v) is 6.12. The summed E-state index contributed by atoms with van der Waals surface area (Å²) in [5, 5.41) is 5.16. The Morgan fingerprint density at radius 3 is 2.93 bits per heavy atom. The van der Waals surface area contributed by atoms with Crippen molar-refractivity contribution in [2.45, 2.75) is 31.8 Å². The molecule has 4 nitrogen and oxygen atoms in total. The molecule has 1 aromatic heterocycles. The molecule has 2 aliphatic heterocycles. The number of para-hydroxylation sites is 1. The number of halogens is 1. The van der Waals surface area contributed by atoms with Gasteiger partial charge in [-0.2, -0.15) is 0 Å². The van der Waals surface area contributed by atoms with Crippen LogP contribution in [-0.2, 0) is 17.8 Å². The SMILES string of the molecule is O=C1[C@@H](n2cc(Cl)c3ccccc32)CCN1c1ccc2c(c1)CCCNC2. The lowest BCUT2D eigenvalue weighted by Crippen LogP contribution is -2.28. The lowest BCUT2D eigenvalue weighted by Gasteiger charge is -2.19. The smallest absolute Gasteiger partial charge is 0.250 e. The van der Waals surface area contributed by atoms with E-state index < -0.39 is 0 Å². The zero-order chi connectivity index (χ0) is 18.4. The third-order valence-electron chi connectivity index (χ3n) is 5.82. The van der Waals surface area contributed by atoms with Gasteiger partial charge in [0.25, 0.3) is 0 Å². The molecule has 1 saturated heterocycles. The maximum absolute atomic E-state index is 13.2. The predicted molar refractivity (Wildman–Crippen MR) is 109 cm³/mol. The number of aryl methyl sites for hydroxylation is 1. The highest BCUT2D eigenvalue weighted by Crippen LogP contribution is 2.35. The molecule has 3 heterocycles. The van der Waals surface area contributed by atoms with Gasteiger partial charge >= 0.3 is 0 Å². The number of benzene rings is 2. The van der Waals surface area contributed by atoms with Crippen LogP contribution < -0.4 is 10.2 Å². The molecule has 1 fully saturated rings. The van der Waals surface area contributed by atoms with Crippen LogP contribution in [0.2, 0.25) is 5.02 Å². The molecule has 0 radical (unpaired) electrons. The summed E-state index contributed by atoms with van der Waals surface area (Å²) >= 11 is 6.40. The van der Waals surface area contributed by atoms with Crippen molar-refractivity contribution in [2.75, 3.05) is 18.0 Å². The zero-order valence-corrected chi connectivity index (χ0v) is 15.9. The minimum absolute atomic E-state index is 0.152. The van der Waals surface area contributed by atoms with E-state index in [2.05, 4.69) is 23.5 Å². The third kappa shape index (κ3) is 2.84. The fourth-order valence-electron chi connectivity index (χ4n) is 4.41. The molecule has 5 rings (SSSR count). The van der Waals surface area contributed by atoms with Crippen molar-refractivity contribution in [3.63, 3.8) is 0 Å². The minimum atomic E-state index is -0.192. The van der Waals surface area contributed by atoms with Crippen molar-refractivity contribution in [2.24, 2.45) is 0 Å². The van der Waals surface area contributed by atoms with Crippen LogP contribution in [0.3, 0.4) is 0 Å². The average Bonchev–Trinajstić information content (AvgIpc) is 3.12. The van der Waals surface area contributed by atoms with Gasteiger partial charge in [-0.25, -0.2) is 0 Å². The molecule has 27 heavy (non-hydrogen) atoms. The van der Waals surface area contributed by atoms with Crippen molar-refractivity contribution in [3.8, 4) is 0 Å². The van der Waals surface area contributed by atoms with E-state index in [0.717, 1.165) is 55.5 Å². The number of rotatable bonds is 2. The lowest BCUT2D eigenvalue weighted by molar-refractivity contribution is -0.119. The highest BCUT2D eigenvalue weighted by atomic mass is 35.5. The monoisotopic (exact) mass is 379 g/mol. The summed E-state index contributed by atoms with van der Waals surface area (Å²) < 4.78 is 2.05. The predicted octanol–water partition coefficient (Wildman–Crippen LogP) is 4.31. The lowest BCUT2D eigenvalue weighted by atomic mass is 10.0. The number of aromatic nitrogens is 1. The van der Waals surface area contributed by atoms with E-state index >= 15 is 0 Å². The molecule has 138 valence electrons. The number of nitrogens with zero attached hydrogens (tertiary/aromatic N) is 2. The van der Waals surface area contributed by atoms with E-state index in [9.17, 15) is 4.79 Å². The Morgan fingerprint density at radius 1 is 1.11 bits per heavy atom. The Labute approximate surface area is 163 Å². The highest BCUT2D eigenvalue weighted by Gasteiger charge is 2.34. The van der Waals surface area contributed by atoms with Crippen LogP contribution in [0.4, 0.5) is 5.69 Å². The molecule has 1 amide bonds. The van der Waals surface area contributed by atoms with E-state index in [-0.39, 0.29) is 11.9 Å². The van der Waals surface area contributed by atoms with E-state index in [1.807, 2.05) is 39.9 Å². The number of carbonyl (C=O) groups is 1. The summed E-state index contributed by atoms with van der Waals surface area (Å²) in [7, 11) is 0. The molecule has 0 aliphatic carbocycles. The van der Waals surface area contributed by atoms with E-state index in [0.29, 0.717) is 5.02 Å². The van der Waals surface area contributed by atoms with Crippen molar-refractivity contribution >= 4 is 34.1 Å². The Morgan fingerprint density at radius 2 is 2.00 bits per heavy atom. The van der Waals surface area contributed by atoms with Gasteiger partial charge < -0.3 is 14.8 Å². The maximum Gasteiger partial charge on any atom is 0.250 e. The van der Waals surface area contributed by atoms with Gasteiger partial charge in [-0.05, 0) is 55.1 Å². The number of carbonyl (C=O) groups excluding carboxylic acids is 1. The minimum Gasteiger partial charge on any atom is -0.333 e. The summed E-state index contributed by atoms with van der Waals surface area (Å²) in [6, 6.07) is 14.3. The fourth-order valence-corrected chi connectivity index (χ4v) is 4.68. The van der Waals surface area contributed by atoms with Crippen LogP contribution in [0.5, 0.6) is 0 Å². The Hall–Kier alpha value is -2.30. The van der Waals surface area contributed by atoms with Crippen molar-refractivity contribution in [1.82, 2.24) is 9.88 Å². The summed E-state index contributed by atoms with van der Waals surface area (Å²) in [6.07, 6.45) is 4.91. The average molecular weight is 380 g/mol. The van der Waals surface area contributed by atoms with Crippen LogP contribution in [0, 0.1) is 0 Å². The molecule has 0 saturated carbocycles. The number of nitrogens with one attached hydrogen (secondary N) is 1. The number of hydrogen-bond acceptors (Lipinski definition) is 2. The number of fused-ring (bicyclic) bond motifs is 2. The standard InChI is InChI=1S/C22H22ClN3O/c23-19-14-26(20-6-2-1-5-18(19)20)21-9-11-25(22(21)27)17-8-7-16-13-24-10-3-4-15(16)12-17/h1-2,5-8,12,14,21,24H,3-4,9-11,13H2/t21-/m0/s1.